The Labute approximate surface area is 84.5 Å². The van der Waals surface area contributed by atoms with E-state index in [0.717, 1.165) is 24.0 Å². The predicted molar refractivity (Wildman–Crippen MR) is 56.1 cm³/mol. The van der Waals surface area contributed by atoms with Gasteiger partial charge in [-0.25, -0.2) is 4.98 Å². The lowest BCUT2D eigenvalue weighted by molar-refractivity contribution is 0.141. The number of anilines is 1. The molecular formula is C11H16N2O. The number of nitrogens with one attached hydrogen (secondary N) is 1. The highest BCUT2D eigenvalue weighted by Gasteiger charge is 2.20. The van der Waals surface area contributed by atoms with Crippen LogP contribution in [0.25, 0.3) is 0 Å². The minimum absolute atomic E-state index is 0.562. The van der Waals surface area contributed by atoms with Crippen molar-refractivity contribution in [1.82, 2.24) is 4.98 Å². The van der Waals surface area contributed by atoms with E-state index in [-0.39, 0.29) is 0 Å². The third kappa shape index (κ3) is 3.00. The van der Waals surface area contributed by atoms with Gasteiger partial charge in [0.1, 0.15) is 12.5 Å². The van der Waals surface area contributed by atoms with Crippen LogP contribution in [-0.4, -0.2) is 18.3 Å². The smallest absolute Gasteiger partial charge is 0.127 e. The van der Waals surface area contributed by atoms with E-state index in [1.54, 1.807) is 0 Å². The van der Waals surface area contributed by atoms with Gasteiger partial charge in [-0.05, 0) is 37.8 Å². The molecule has 0 aliphatic heterocycles. The maximum absolute atomic E-state index is 5.45. The third-order valence-corrected chi connectivity index (χ3v) is 2.29. The van der Waals surface area contributed by atoms with E-state index in [4.69, 9.17) is 4.74 Å². The molecule has 0 saturated heterocycles. The Morgan fingerprint density at radius 3 is 3.07 bits per heavy atom. The Morgan fingerprint density at radius 1 is 1.50 bits per heavy atom. The SMILES string of the molecule is Cc1cccc(NCOCC2CC2)n1. The monoisotopic (exact) mass is 192 g/mol. The first kappa shape index (κ1) is 9.46. The molecule has 0 radical (unpaired) electrons. The fourth-order valence-corrected chi connectivity index (χ4v) is 1.28. The Bertz CT molecular complexity index is 297. The van der Waals surface area contributed by atoms with Gasteiger partial charge < -0.3 is 10.1 Å². The molecule has 1 heterocycles. The average Bonchev–Trinajstić information content (AvgIpc) is 2.96. The summed E-state index contributed by atoms with van der Waals surface area (Å²) in [7, 11) is 0. The highest BCUT2D eigenvalue weighted by Crippen LogP contribution is 2.28. The van der Waals surface area contributed by atoms with Crippen LogP contribution in [0.1, 0.15) is 18.5 Å². The van der Waals surface area contributed by atoms with E-state index in [0.29, 0.717) is 6.73 Å². The van der Waals surface area contributed by atoms with Gasteiger partial charge in [-0.1, -0.05) is 6.07 Å². The lowest BCUT2D eigenvalue weighted by Crippen LogP contribution is -2.09. The van der Waals surface area contributed by atoms with Gasteiger partial charge in [0.05, 0.1) is 6.61 Å². The molecule has 2 rings (SSSR count). The molecule has 3 heteroatoms. The van der Waals surface area contributed by atoms with Crippen molar-refractivity contribution >= 4 is 5.82 Å². The molecule has 1 aliphatic rings. The van der Waals surface area contributed by atoms with E-state index < -0.39 is 0 Å². The fourth-order valence-electron chi connectivity index (χ4n) is 1.28. The van der Waals surface area contributed by atoms with Gasteiger partial charge in [0.2, 0.25) is 0 Å². The van der Waals surface area contributed by atoms with Crippen molar-refractivity contribution in [2.45, 2.75) is 19.8 Å². The van der Waals surface area contributed by atoms with Gasteiger partial charge in [0, 0.05) is 5.69 Å². The van der Waals surface area contributed by atoms with Crippen LogP contribution in [0.3, 0.4) is 0 Å². The molecular weight excluding hydrogens is 176 g/mol. The minimum atomic E-state index is 0.562. The largest absolute Gasteiger partial charge is 0.361 e. The third-order valence-electron chi connectivity index (χ3n) is 2.29. The number of aryl methyl sites for hydroxylation is 1. The van der Waals surface area contributed by atoms with E-state index in [2.05, 4.69) is 10.3 Å². The molecule has 3 nitrogen and oxygen atoms in total. The van der Waals surface area contributed by atoms with Gasteiger partial charge >= 0.3 is 0 Å². The summed E-state index contributed by atoms with van der Waals surface area (Å²) >= 11 is 0. The number of rotatable bonds is 5. The molecule has 0 amide bonds. The van der Waals surface area contributed by atoms with Crippen LogP contribution in [-0.2, 0) is 4.74 Å². The minimum Gasteiger partial charge on any atom is -0.361 e. The first-order chi connectivity index (χ1) is 6.84. The summed E-state index contributed by atoms with van der Waals surface area (Å²) in [6, 6.07) is 5.93. The summed E-state index contributed by atoms with van der Waals surface area (Å²) in [6.07, 6.45) is 2.67. The Balaban J connectivity index is 1.68. The van der Waals surface area contributed by atoms with Crippen LogP contribution in [0, 0.1) is 12.8 Å². The molecule has 0 spiro atoms. The molecule has 1 saturated carbocycles. The second-order valence-corrected chi connectivity index (χ2v) is 3.80. The molecule has 0 atom stereocenters. The van der Waals surface area contributed by atoms with Crippen LogP contribution in [0.5, 0.6) is 0 Å². The molecule has 76 valence electrons. The Hall–Kier alpha value is -1.09. The van der Waals surface area contributed by atoms with Crippen molar-refractivity contribution in [3.8, 4) is 0 Å². The zero-order valence-corrected chi connectivity index (χ0v) is 8.49. The zero-order chi connectivity index (χ0) is 9.80. The number of hydrogen-bond acceptors (Lipinski definition) is 3. The van der Waals surface area contributed by atoms with Gasteiger partial charge in [0.15, 0.2) is 0 Å². The van der Waals surface area contributed by atoms with Crippen molar-refractivity contribution in [2.75, 3.05) is 18.7 Å². The van der Waals surface area contributed by atoms with E-state index in [9.17, 15) is 0 Å². The van der Waals surface area contributed by atoms with Crippen LogP contribution < -0.4 is 5.32 Å². The summed E-state index contributed by atoms with van der Waals surface area (Å²) in [5.41, 5.74) is 1.03. The van der Waals surface area contributed by atoms with Crippen LogP contribution >= 0.6 is 0 Å². The topological polar surface area (TPSA) is 34.1 Å². The van der Waals surface area contributed by atoms with Gasteiger partial charge in [-0.2, -0.15) is 0 Å². The molecule has 14 heavy (non-hydrogen) atoms. The Morgan fingerprint density at radius 2 is 2.36 bits per heavy atom. The number of ether oxygens (including phenoxy) is 1. The van der Waals surface area contributed by atoms with Crippen molar-refractivity contribution in [1.29, 1.82) is 0 Å². The first-order valence-electron chi connectivity index (χ1n) is 5.10. The number of hydrogen-bond donors (Lipinski definition) is 1. The van der Waals surface area contributed by atoms with Gasteiger partial charge in [-0.3, -0.25) is 0 Å². The molecule has 1 aromatic rings. The molecule has 0 aromatic carbocycles. The summed E-state index contributed by atoms with van der Waals surface area (Å²) in [5.74, 6) is 1.71. The van der Waals surface area contributed by atoms with Gasteiger partial charge in [-0.15, -0.1) is 0 Å². The number of nitrogens with zero attached hydrogens (tertiary/aromatic N) is 1. The van der Waals surface area contributed by atoms with Gasteiger partial charge in [0.25, 0.3) is 0 Å². The second-order valence-electron chi connectivity index (χ2n) is 3.80. The molecule has 1 N–H and O–H groups in total. The van der Waals surface area contributed by atoms with E-state index in [1.807, 2.05) is 25.1 Å². The second kappa shape index (κ2) is 4.42. The maximum Gasteiger partial charge on any atom is 0.127 e. The summed E-state index contributed by atoms with van der Waals surface area (Å²) in [6.45, 7) is 3.43. The molecule has 1 aliphatic carbocycles. The molecule has 0 bridgehead atoms. The van der Waals surface area contributed by atoms with E-state index in [1.165, 1.54) is 12.8 Å². The van der Waals surface area contributed by atoms with Crippen molar-refractivity contribution in [3.63, 3.8) is 0 Å². The van der Waals surface area contributed by atoms with Crippen molar-refractivity contribution < 1.29 is 4.74 Å². The molecule has 0 unspecified atom stereocenters. The summed E-state index contributed by atoms with van der Waals surface area (Å²) < 4.78 is 5.45. The fraction of sp³-hybridized carbons (Fsp3) is 0.545. The molecule has 1 aromatic heterocycles. The number of pyridine rings is 1. The standard InChI is InChI=1S/C11H16N2O/c1-9-3-2-4-11(13-9)12-8-14-7-10-5-6-10/h2-4,10H,5-8H2,1H3,(H,12,13). The number of aromatic nitrogens is 1. The van der Waals surface area contributed by atoms with Crippen LogP contribution in [0.2, 0.25) is 0 Å². The summed E-state index contributed by atoms with van der Waals surface area (Å²) in [4.78, 5) is 4.31. The highest BCUT2D eigenvalue weighted by molar-refractivity contribution is 5.34. The first-order valence-corrected chi connectivity index (χ1v) is 5.10. The van der Waals surface area contributed by atoms with Crippen LogP contribution in [0.4, 0.5) is 5.82 Å². The normalized spacial score (nSPS) is 15.5. The maximum atomic E-state index is 5.45. The Kier molecular flexibility index (Phi) is 2.99. The predicted octanol–water partition coefficient (Wildman–Crippen LogP) is 2.19. The quantitative estimate of drug-likeness (QED) is 0.573. The van der Waals surface area contributed by atoms with E-state index >= 15 is 0 Å². The molecule has 1 fully saturated rings. The lowest BCUT2D eigenvalue weighted by Gasteiger charge is -2.06. The zero-order valence-electron chi connectivity index (χ0n) is 8.49. The average molecular weight is 192 g/mol. The summed E-state index contributed by atoms with van der Waals surface area (Å²) in [5, 5.41) is 3.14. The highest BCUT2D eigenvalue weighted by atomic mass is 16.5. The van der Waals surface area contributed by atoms with Crippen molar-refractivity contribution in [3.05, 3.63) is 23.9 Å². The van der Waals surface area contributed by atoms with Crippen molar-refractivity contribution in [2.24, 2.45) is 5.92 Å². The lowest BCUT2D eigenvalue weighted by atomic mass is 10.4. The van der Waals surface area contributed by atoms with Crippen LogP contribution in [0.15, 0.2) is 18.2 Å².